The van der Waals surface area contributed by atoms with E-state index in [2.05, 4.69) is 0 Å². The molecular weight excluding hydrogens is 364 g/mol. The van der Waals surface area contributed by atoms with Crippen molar-refractivity contribution >= 4 is 11.3 Å². The fraction of sp³-hybridized carbons (Fsp3) is 0.0952. The first-order valence-electron chi connectivity index (χ1n) is 7.75. The number of hydrogen-bond acceptors (Lipinski definition) is 8. The van der Waals surface area contributed by atoms with Crippen molar-refractivity contribution in [1.82, 2.24) is 0 Å². The zero-order valence-electron chi connectivity index (χ0n) is 15.4. The molecule has 0 saturated carbocycles. The monoisotopic (exact) mass is 374 g/mol. The first kappa shape index (κ1) is 21.7. The fourth-order valence-electron chi connectivity index (χ4n) is 2.36. The first-order chi connectivity index (χ1) is 13.9. The SMILES string of the molecule is CN(C)c1ccc(C(=C(C#N)C#N)C(=C(C#N)C#N)C(C#N)=C(C#N)C#N)cc1. The molecule has 0 aromatic heterocycles. The van der Waals surface area contributed by atoms with E-state index < -0.39 is 27.9 Å². The predicted octanol–water partition coefficient (Wildman–Crippen LogP) is 2.76. The molecule has 0 aliphatic rings. The summed E-state index contributed by atoms with van der Waals surface area (Å²) in [5, 5.41) is 65.5. The summed E-state index contributed by atoms with van der Waals surface area (Å²) in [6, 6.07) is 17.7. The van der Waals surface area contributed by atoms with Gasteiger partial charge in [-0.3, -0.25) is 0 Å². The van der Waals surface area contributed by atoms with Gasteiger partial charge in [-0.1, -0.05) is 12.1 Å². The van der Waals surface area contributed by atoms with Gasteiger partial charge in [-0.2, -0.15) is 36.8 Å². The third-order valence-electron chi connectivity index (χ3n) is 3.71. The summed E-state index contributed by atoms with van der Waals surface area (Å²) in [7, 11) is 3.61. The molecule has 1 rings (SSSR count). The van der Waals surface area contributed by atoms with E-state index >= 15 is 0 Å². The maximum Gasteiger partial charge on any atom is 0.148 e. The molecule has 0 aliphatic heterocycles. The molecule has 8 nitrogen and oxygen atoms in total. The van der Waals surface area contributed by atoms with E-state index in [0.29, 0.717) is 0 Å². The third kappa shape index (κ3) is 4.45. The Kier molecular flexibility index (Phi) is 7.47. The minimum absolute atomic E-state index is 0.182. The van der Waals surface area contributed by atoms with E-state index in [9.17, 15) is 36.8 Å². The molecule has 134 valence electrons. The van der Waals surface area contributed by atoms with Crippen molar-refractivity contribution in [1.29, 1.82) is 36.8 Å². The van der Waals surface area contributed by atoms with Gasteiger partial charge < -0.3 is 4.90 Å². The second-order valence-corrected chi connectivity index (χ2v) is 5.47. The Balaban J connectivity index is 4.21. The normalized spacial score (nSPS) is 8.10. The Hall–Kier alpha value is -5.33. The van der Waals surface area contributed by atoms with Crippen molar-refractivity contribution in [2.24, 2.45) is 0 Å². The summed E-state index contributed by atoms with van der Waals surface area (Å²) >= 11 is 0. The molecule has 29 heavy (non-hydrogen) atoms. The number of benzene rings is 1. The van der Waals surface area contributed by atoms with E-state index in [1.165, 1.54) is 12.1 Å². The second kappa shape index (κ2) is 9.97. The van der Waals surface area contributed by atoms with Gasteiger partial charge in [-0.15, -0.1) is 0 Å². The number of hydrogen-bond donors (Lipinski definition) is 0. The van der Waals surface area contributed by atoms with E-state index in [-0.39, 0.29) is 11.1 Å². The highest BCUT2D eigenvalue weighted by atomic mass is 15.1. The van der Waals surface area contributed by atoms with Gasteiger partial charge in [0.05, 0.1) is 5.57 Å². The molecule has 1 aromatic carbocycles. The quantitative estimate of drug-likeness (QED) is 0.571. The van der Waals surface area contributed by atoms with Gasteiger partial charge in [0.25, 0.3) is 0 Å². The van der Waals surface area contributed by atoms with Crippen LogP contribution in [0, 0.1) is 79.3 Å². The molecule has 0 unspecified atom stereocenters. The molecule has 0 aliphatic carbocycles. The lowest BCUT2D eigenvalue weighted by atomic mass is 9.85. The van der Waals surface area contributed by atoms with Crippen molar-refractivity contribution in [3.05, 3.63) is 57.7 Å². The van der Waals surface area contributed by atoms with Crippen LogP contribution in [0.3, 0.4) is 0 Å². The zero-order chi connectivity index (χ0) is 22.0. The summed E-state index contributed by atoms with van der Waals surface area (Å²) in [5.41, 5.74) is -1.85. The van der Waals surface area contributed by atoms with Crippen molar-refractivity contribution in [2.45, 2.75) is 0 Å². The van der Waals surface area contributed by atoms with Crippen LogP contribution in [-0.2, 0) is 0 Å². The van der Waals surface area contributed by atoms with Crippen LogP contribution in [-0.4, -0.2) is 14.1 Å². The Labute approximate surface area is 167 Å². The second-order valence-electron chi connectivity index (χ2n) is 5.47. The number of nitriles is 7. The Morgan fingerprint density at radius 2 is 1.07 bits per heavy atom. The van der Waals surface area contributed by atoms with Crippen LogP contribution >= 0.6 is 0 Å². The molecule has 1 aromatic rings. The van der Waals surface area contributed by atoms with Gasteiger partial charge in [0, 0.05) is 30.9 Å². The average Bonchev–Trinajstić information content (AvgIpc) is 2.75. The topological polar surface area (TPSA) is 170 Å². The lowest BCUT2D eigenvalue weighted by molar-refractivity contribution is 1.13. The molecule has 0 atom stereocenters. The molecule has 0 fully saturated rings. The maximum absolute atomic E-state index is 9.55. The number of rotatable bonds is 4. The summed E-state index contributed by atoms with van der Waals surface area (Å²) in [5.74, 6) is 0. The molecule has 0 saturated heterocycles. The Bertz CT molecular complexity index is 1180. The molecular formula is C21H10N8. The molecule has 0 bridgehead atoms. The molecule has 0 spiro atoms. The predicted molar refractivity (Wildman–Crippen MR) is 101 cm³/mol. The zero-order valence-corrected chi connectivity index (χ0v) is 15.4. The average molecular weight is 374 g/mol. The van der Waals surface area contributed by atoms with Gasteiger partial charge in [0.1, 0.15) is 59.2 Å². The molecule has 8 heteroatoms. The number of nitrogens with zero attached hydrogens (tertiary/aromatic N) is 8. The van der Waals surface area contributed by atoms with Crippen LogP contribution in [0.4, 0.5) is 5.69 Å². The van der Waals surface area contributed by atoms with Gasteiger partial charge in [0.2, 0.25) is 0 Å². The number of allylic oxidation sites excluding steroid dienone is 6. The van der Waals surface area contributed by atoms with E-state index in [1.807, 2.05) is 0 Å². The highest BCUT2D eigenvalue weighted by Gasteiger charge is 2.25. The summed E-state index contributed by atoms with van der Waals surface area (Å²) in [6.45, 7) is 0. The van der Waals surface area contributed by atoms with Crippen LogP contribution in [0.5, 0.6) is 0 Å². The first-order valence-corrected chi connectivity index (χ1v) is 7.75. The lowest BCUT2D eigenvalue weighted by Crippen LogP contribution is -2.08. The van der Waals surface area contributed by atoms with Crippen molar-refractivity contribution in [3.8, 4) is 42.5 Å². The highest BCUT2D eigenvalue weighted by Crippen LogP contribution is 2.35. The molecule has 0 N–H and O–H groups in total. The van der Waals surface area contributed by atoms with Crippen LogP contribution in [0.1, 0.15) is 5.56 Å². The number of anilines is 1. The van der Waals surface area contributed by atoms with Crippen LogP contribution in [0.15, 0.2) is 52.1 Å². The highest BCUT2D eigenvalue weighted by molar-refractivity contribution is 5.94. The summed E-state index contributed by atoms with van der Waals surface area (Å²) in [6.07, 6.45) is 0. The van der Waals surface area contributed by atoms with Crippen LogP contribution in [0.25, 0.3) is 5.57 Å². The van der Waals surface area contributed by atoms with Crippen molar-refractivity contribution in [2.75, 3.05) is 19.0 Å². The van der Waals surface area contributed by atoms with E-state index in [4.69, 9.17) is 0 Å². The van der Waals surface area contributed by atoms with Gasteiger partial charge >= 0.3 is 0 Å². The van der Waals surface area contributed by atoms with E-state index in [1.54, 1.807) is 73.6 Å². The van der Waals surface area contributed by atoms with Crippen LogP contribution < -0.4 is 4.90 Å². The summed E-state index contributed by atoms with van der Waals surface area (Å²) in [4.78, 5) is 1.81. The molecule has 0 heterocycles. The maximum atomic E-state index is 9.55. The largest absolute Gasteiger partial charge is 0.378 e. The van der Waals surface area contributed by atoms with Crippen molar-refractivity contribution in [3.63, 3.8) is 0 Å². The third-order valence-corrected chi connectivity index (χ3v) is 3.71. The fourth-order valence-corrected chi connectivity index (χ4v) is 2.36. The van der Waals surface area contributed by atoms with Gasteiger partial charge in [-0.25, -0.2) is 0 Å². The van der Waals surface area contributed by atoms with Gasteiger partial charge in [-0.05, 0) is 17.7 Å². The molecule has 0 amide bonds. The minimum atomic E-state index is -0.650. The minimum Gasteiger partial charge on any atom is -0.378 e. The lowest BCUT2D eigenvalue weighted by Gasteiger charge is -2.16. The summed E-state index contributed by atoms with van der Waals surface area (Å²) < 4.78 is 0. The standard InChI is InChI=1S/C21H10N8/c1-29(2)18-5-3-14(4-6-18)20(16(9-24)10-25)21(17(11-26)12-27)19(13-28)15(7-22)8-23/h3-6H,1-2H3. The molecule has 0 radical (unpaired) electrons. The smallest absolute Gasteiger partial charge is 0.148 e. The Morgan fingerprint density at radius 1 is 0.621 bits per heavy atom. The van der Waals surface area contributed by atoms with Gasteiger partial charge in [0.15, 0.2) is 0 Å². The van der Waals surface area contributed by atoms with Crippen molar-refractivity contribution < 1.29 is 0 Å². The Morgan fingerprint density at radius 3 is 1.41 bits per heavy atom. The van der Waals surface area contributed by atoms with E-state index in [0.717, 1.165) is 5.69 Å². The van der Waals surface area contributed by atoms with Crippen LogP contribution in [0.2, 0.25) is 0 Å².